The van der Waals surface area contributed by atoms with E-state index in [4.69, 9.17) is 29.7 Å². The highest BCUT2D eigenvalue weighted by atomic mass is 16.6. The van der Waals surface area contributed by atoms with Gasteiger partial charge in [-0.1, -0.05) is 6.92 Å². The summed E-state index contributed by atoms with van der Waals surface area (Å²) in [6.45, 7) is 8.67. The molecule has 2 aliphatic heterocycles. The van der Waals surface area contributed by atoms with Crippen LogP contribution in [-0.4, -0.2) is 77.5 Å². The van der Waals surface area contributed by atoms with Gasteiger partial charge in [-0.3, -0.25) is 0 Å². The number of carbonyl (C=O) groups is 2. The molecule has 2 atom stereocenters. The summed E-state index contributed by atoms with van der Waals surface area (Å²) in [5, 5.41) is 4.71. The SMILES string of the molecule is COC[C@@](C)(N)c1cnc(OC2CN(C(=O)OC)C2)c2cnc(Nc3ccc4c(n3)[C@@H](C)C(C)(C)OC4=O)cc12. The lowest BCUT2D eigenvalue weighted by atomic mass is 9.84. The molecule has 1 amide bonds. The number of nitrogens with one attached hydrogen (secondary N) is 1. The van der Waals surface area contributed by atoms with E-state index in [1.54, 1.807) is 36.5 Å². The number of nitrogens with zero attached hydrogens (tertiary/aromatic N) is 4. The fraction of sp³-hybridized carbons (Fsp3) is 0.464. The Hall–Kier alpha value is -4.03. The molecule has 0 saturated carbocycles. The molecule has 0 spiro atoms. The maximum atomic E-state index is 12.5. The average molecular weight is 551 g/mol. The van der Waals surface area contributed by atoms with Crippen molar-refractivity contribution < 1.29 is 28.5 Å². The van der Waals surface area contributed by atoms with Crippen LogP contribution in [-0.2, 0) is 19.7 Å². The monoisotopic (exact) mass is 550 g/mol. The summed E-state index contributed by atoms with van der Waals surface area (Å²) in [5.74, 6) is 0.976. The van der Waals surface area contributed by atoms with Crippen molar-refractivity contribution in [2.75, 3.05) is 39.2 Å². The first-order valence-corrected chi connectivity index (χ1v) is 13.0. The van der Waals surface area contributed by atoms with Crippen molar-refractivity contribution in [3.05, 3.63) is 47.4 Å². The maximum Gasteiger partial charge on any atom is 0.409 e. The molecule has 1 saturated heterocycles. The van der Waals surface area contributed by atoms with Crippen molar-refractivity contribution in [3.8, 4) is 5.88 Å². The highest BCUT2D eigenvalue weighted by molar-refractivity contribution is 5.93. The molecule has 0 aliphatic carbocycles. The van der Waals surface area contributed by atoms with Crippen LogP contribution in [0.1, 0.15) is 55.2 Å². The van der Waals surface area contributed by atoms with Gasteiger partial charge in [-0.2, -0.15) is 0 Å². The number of nitrogens with two attached hydrogens (primary N) is 1. The fourth-order valence-corrected chi connectivity index (χ4v) is 4.94. The highest BCUT2D eigenvalue weighted by Gasteiger charge is 2.40. The lowest BCUT2D eigenvalue weighted by Gasteiger charge is -2.37. The summed E-state index contributed by atoms with van der Waals surface area (Å²) in [6.07, 6.45) is 2.74. The summed E-state index contributed by atoms with van der Waals surface area (Å²) < 4.78 is 21.8. The van der Waals surface area contributed by atoms with Crippen LogP contribution in [0.2, 0.25) is 0 Å². The molecule has 1 fully saturated rings. The van der Waals surface area contributed by atoms with Gasteiger partial charge in [0.25, 0.3) is 0 Å². The number of cyclic esters (lactones) is 1. The van der Waals surface area contributed by atoms with Crippen molar-refractivity contribution in [2.24, 2.45) is 5.73 Å². The van der Waals surface area contributed by atoms with E-state index in [9.17, 15) is 9.59 Å². The zero-order valence-corrected chi connectivity index (χ0v) is 23.5. The molecule has 12 nitrogen and oxygen atoms in total. The highest BCUT2D eigenvalue weighted by Crippen LogP contribution is 2.38. The van der Waals surface area contributed by atoms with Crippen molar-refractivity contribution in [2.45, 2.75) is 50.9 Å². The van der Waals surface area contributed by atoms with Crippen LogP contribution < -0.4 is 15.8 Å². The smallest absolute Gasteiger partial charge is 0.409 e. The quantitative estimate of drug-likeness (QED) is 0.416. The molecule has 212 valence electrons. The first-order chi connectivity index (χ1) is 18.9. The molecule has 12 heteroatoms. The van der Waals surface area contributed by atoms with E-state index < -0.39 is 17.2 Å². The van der Waals surface area contributed by atoms with Crippen LogP contribution in [0.25, 0.3) is 10.8 Å². The average Bonchev–Trinajstić information content (AvgIpc) is 2.88. The molecule has 3 aromatic heterocycles. The molecule has 3 aromatic rings. The number of ether oxygens (including phenoxy) is 4. The topological polar surface area (TPSA) is 151 Å². The summed E-state index contributed by atoms with van der Waals surface area (Å²) in [5.41, 5.74) is 7.01. The zero-order chi connectivity index (χ0) is 28.8. The number of hydrogen-bond donors (Lipinski definition) is 2. The molecule has 40 heavy (non-hydrogen) atoms. The van der Waals surface area contributed by atoms with E-state index in [1.165, 1.54) is 7.11 Å². The van der Waals surface area contributed by atoms with Crippen LogP contribution in [0.4, 0.5) is 16.4 Å². The first kappa shape index (κ1) is 27.5. The molecule has 3 N–H and O–H groups in total. The van der Waals surface area contributed by atoms with E-state index in [2.05, 4.69) is 15.3 Å². The van der Waals surface area contributed by atoms with Gasteiger partial charge < -0.3 is 34.9 Å². The van der Waals surface area contributed by atoms with E-state index in [0.717, 1.165) is 10.9 Å². The minimum atomic E-state index is -0.846. The number of likely N-dealkylation sites (tertiary alicyclic amines) is 1. The van der Waals surface area contributed by atoms with E-state index in [1.807, 2.05) is 33.8 Å². The number of methoxy groups -OCH3 is 2. The molecule has 5 heterocycles. The first-order valence-electron chi connectivity index (χ1n) is 13.0. The Morgan fingerprint density at radius 2 is 1.95 bits per heavy atom. The Balaban J connectivity index is 1.48. The van der Waals surface area contributed by atoms with Gasteiger partial charge in [0.1, 0.15) is 23.3 Å². The van der Waals surface area contributed by atoms with Crippen LogP contribution in [0.15, 0.2) is 30.6 Å². The van der Waals surface area contributed by atoms with E-state index >= 15 is 0 Å². The second kappa shape index (κ2) is 10.2. The van der Waals surface area contributed by atoms with Gasteiger partial charge >= 0.3 is 12.1 Å². The predicted octanol–water partition coefficient (Wildman–Crippen LogP) is 3.47. The number of rotatable bonds is 7. The van der Waals surface area contributed by atoms with Crippen molar-refractivity contribution in [1.82, 2.24) is 19.9 Å². The summed E-state index contributed by atoms with van der Waals surface area (Å²) in [7, 11) is 2.94. The van der Waals surface area contributed by atoms with Crippen molar-refractivity contribution >= 4 is 34.5 Å². The molecule has 2 aliphatic rings. The standard InChI is InChI=1S/C28H34N6O6/c1-15-23-17(25(35)40-27(15,2)3)7-8-21(33-23)32-22-9-18-19(10-30-22)24(31-11-20(18)28(4,29)14-37-5)39-16-12-34(13-16)26(36)38-6/h7-11,15-16H,12-14,29H2,1-6H3,(H,30,32,33)/t15-,28-/m1/s1. The number of esters is 1. The molecule has 0 bridgehead atoms. The summed E-state index contributed by atoms with van der Waals surface area (Å²) in [4.78, 5) is 39.6. The number of pyridine rings is 3. The normalized spacial score (nSPS) is 19.7. The van der Waals surface area contributed by atoms with Crippen LogP contribution in [0.5, 0.6) is 5.88 Å². The minimum Gasteiger partial charge on any atom is -0.470 e. The second-order valence-corrected chi connectivity index (χ2v) is 11.0. The lowest BCUT2D eigenvalue weighted by Crippen LogP contribution is -2.56. The Kier molecular flexibility index (Phi) is 7.01. The fourth-order valence-electron chi connectivity index (χ4n) is 4.94. The third-order valence-electron chi connectivity index (χ3n) is 7.56. The maximum absolute atomic E-state index is 12.5. The van der Waals surface area contributed by atoms with Crippen molar-refractivity contribution in [1.29, 1.82) is 0 Å². The second-order valence-electron chi connectivity index (χ2n) is 11.0. The number of anilines is 2. The molecule has 5 rings (SSSR count). The third kappa shape index (κ3) is 5.00. The number of aromatic nitrogens is 3. The lowest BCUT2D eigenvalue weighted by molar-refractivity contribution is -0.0189. The summed E-state index contributed by atoms with van der Waals surface area (Å²) in [6, 6.07) is 5.30. The Morgan fingerprint density at radius 3 is 2.65 bits per heavy atom. The Labute approximate surface area is 232 Å². The molecular weight excluding hydrogens is 516 g/mol. The van der Waals surface area contributed by atoms with E-state index in [-0.39, 0.29) is 24.6 Å². The summed E-state index contributed by atoms with van der Waals surface area (Å²) >= 11 is 0. The molecule has 0 radical (unpaired) electrons. The molecular formula is C28H34N6O6. The van der Waals surface area contributed by atoms with Crippen molar-refractivity contribution in [3.63, 3.8) is 0 Å². The molecule has 0 aromatic carbocycles. The predicted molar refractivity (Wildman–Crippen MR) is 147 cm³/mol. The largest absolute Gasteiger partial charge is 0.470 e. The van der Waals surface area contributed by atoms with Gasteiger partial charge in [0.2, 0.25) is 5.88 Å². The zero-order valence-electron chi connectivity index (χ0n) is 23.5. The third-order valence-corrected chi connectivity index (χ3v) is 7.56. The number of hydrogen-bond acceptors (Lipinski definition) is 11. The molecule has 0 unspecified atom stereocenters. The Bertz CT molecular complexity index is 1470. The van der Waals surface area contributed by atoms with Gasteiger partial charge in [-0.15, -0.1) is 0 Å². The van der Waals surface area contributed by atoms with Gasteiger partial charge in [-0.05, 0) is 44.4 Å². The minimum absolute atomic E-state index is 0.0995. The van der Waals surface area contributed by atoms with Gasteiger partial charge in [0, 0.05) is 31.0 Å². The van der Waals surface area contributed by atoms with Gasteiger partial charge in [-0.25, -0.2) is 24.5 Å². The number of carbonyl (C=O) groups excluding carboxylic acids is 2. The van der Waals surface area contributed by atoms with Crippen LogP contribution in [0.3, 0.4) is 0 Å². The Morgan fingerprint density at radius 1 is 1.20 bits per heavy atom. The van der Waals surface area contributed by atoms with Gasteiger partial charge in [0.05, 0.1) is 49.0 Å². The van der Waals surface area contributed by atoms with Crippen LogP contribution >= 0.6 is 0 Å². The van der Waals surface area contributed by atoms with Crippen LogP contribution in [0, 0.1) is 0 Å². The number of fused-ring (bicyclic) bond motifs is 2. The van der Waals surface area contributed by atoms with Gasteiger partial charge in [0.15, 0.2) is 0 Å². The van der Waals surface area contributed by atoms with E-state index in [0.29, 0.717) is 47.2 Å². The number of amides is 1.